The van der Waals surface area contributed by atoms with Gasteiger partial charge in [-0.2, -0.15) is 0 Å². The lowest BCUT2D eigenvalue weighted by atomic mass is 10.00. The maximum atomic E-state index is 12.5. The van der Waals surface area contributed by atoms with Gasteiger partial charge in [-0.05, 0) is 35.4 Å². The normalized spacial score (nSPS) is 17.7. The van der Waals surface area contributed by atoms with E-state index in [1.807, 2.05) is 30.3 Å². The molecule has 1 aliphatic heterocycles. The Bertz CT molecular complexity index is 669. The number of hydrogen-bond acceptors (Lipinski definition) is 1. The summed E-state index contributed by atoms with van der Waals surface area (Å²) in [4.78, 5) is 14.1. The molecule has 1 heterocycles. The first kappa shape index (κ1) is 12.5. The van der Waals surface area contributed by atoms with Crippen molar-refractivity contribution in [2.45, 2.75) is 5.38 Å². The Kier molecular flexibility index (Phi) is 3.00. The second-order valence-electron chi connectivity index (χ2n) is 4.52. The highest BCUT2D eigenvalue weighted by Crippen LogP contribution is 2.41. The summed E-state index contributed by atoms with van der Waals surface area (Å²) in [6.07, 6.45) is 0. The lowest BCUT2D eigenvalue weighted by molar-refractivity contribution is 0.0993. The Hall–Kier alpha value is -1.51. The molecule has 96 valence electrons. The fourth-order valence-corrected chi connectivity index (χ4v) is 2.95. The minimum Gasteiger partial charge on any atom is -0.311 e. The molecule has 19 heavy (non-hydrogen) atoms. The van der Waals surface area contributed by atoms with Gasteiger partial charge in [0.25, 0.3) is 5.91 Å². The van der Waals surface area contributed by atoms with Crippen LogP contribution in [0.4, 0.5) is 5.69 Å². The van der Waals surface area contributed by atoms with E-state index in [2.05, 4.69) is 0 Å². The third-order valence-corrected chi connectivity index (χ3v) is 4.10. The number of halogens is 2. The SMILES string of the molecule is CN1C(=O)c2ccccc2C(Cl)c2cc(Cl)ccc21. The molecule has 0 radical (unpaired) electrons. The minimum absolute atomic E-state index is 0.0534. The van der Waals surface area contributed by atoms with Gasteiger partial charge in [-0.25, -0.2) is 0 Å². The Morgan fingerprint density at radius 2 is 1.84 bits per heavy atom. The average molecular weight is 292 g/mol. The van der Waals surface area contributed by atoms with Crippen LogP contribution in [0.1, 0.15) is 26.9 Å². The maximum Gasteiger partial charge on any atom is 0.258 e. The van der Waals surface area contributed by atoms with Gasteiger partial charge in [0.2, 0.25) is 0 Å². The Morgan fingerprint density at radius 1 is 1.11 bits per heavy atom. The molecular weight excluding hydrogens is 281 g/mol. The van der Waals surface area contributed by atoms with Crippen molar-refractivity contribution in [1.29, 1.82) is 0 Å². The van der Waals surface area contributed by atoms with Crippen molar-refractivity contribution in [3.63, 3.8) is 0 Å². The monoisotopic (exact) mass is 291 g/mol. The molecule has 1 amide bonds. The number of anilines is 1. The van der Waals surface area contributed by atoms with Crippen LogP contribution >= 0.6 is 23.2 Å². The first-order chi connectivity index (χ1) is 9.09. The summed E-state index contributed by atoms with van der Waals surface area (Å²) in [6.45, 7) is 0. The number of alkyl halides is 1. The molecule has 2 nitrogen and oxygen atoms in total. The predicted octanol–water partition coefficient (Wildman–Crippen LogP) is 4.26. The number of benzene rings is 2. The smallest absolute Gasteiger partial charge is 0.258 e. The van der Waals surface area contributed by atoms with Crippen LogP contribution in [-0.4, -0.2) is 13.0 Å². The molecule has 0 N–H and O–H groups in total. The van der Waals surface area contributed by atoms with Gasteiger partial charge >= 0.3 is 0 Å². The first-order valence-electron chi connectivity index (χ1n) is 5.90. The summed E-state index contributed by atoms with van der Waals surface area (Å²) in [5.74, 6) is -0.0534. The molecule has 2 aromatic rings. The van der Waals surface area contributed by atoms with Crippen molar-refractivity contribution in [3.05, 3.63) is 64.2 Å². The first-order valence-corrected chi connectivity index (χ1v) is 6.71. The van der Waals surface area contributed by atoms with Crippen molar-refractivity contribution < 1.29 is 4.79 Å². The average Bonchev–Trinajstić information content (AvgIpc) is 2.51. The number of nitrogens with zero attached hydrogens (tertiary/aromatic N) is 1. The van der Waals surface area contributed by atoms with Crippen LogP contribution in [0.2, 0.25) is 5.02 Å². The number of rotatable bonds is 0. The largest absolute Gasteiger partial charge is 0.311 e. The topological polar surface area (TPSA) is 20.3 Å². The third kappa shape index (κ3) is 1.92. The third-order valence-electron chi connectivity index (χ3n) is 3.39. The van der Waals surface area contributed by atoms with Gasteiger partial charge in [-0.1, -0.05) is 29.8 Å². The van der Waals surface area contributed by atoms with Gasteiger partial charge < -0.3 is 4.90 Å². The highest BCUT2D eigenvalue weighted by atomic mass is 35.5. The summed E-state index contributed by atoms with van der Waals surface area (Å²) in [7, 11) is 1.75. The fraction of sp³-hybridized carbons (Fsp3) is 0.133. The van der Waals surface area contributed by atoms with Crippen molar-refractivity contribution >= 4 is 34.8 Å². The summed E-state index contributed by atoms with van der Waals surface area (Å²) in [5, 5.41) is 0.239. The number of fused-ring (bicyclic) bond motifs is 2. The zero-order valence-corrected chi connectivity index (χ0v) is 11.7. The van der Waals surface area contributed by atoms with Crippen molar-refractivity contribution in [2.24, 2.45) is 0 Å². The van der Waals surface area contributed by atoms with Gasteiger partial charge in [-0.15, -0.1) is 11.6 Å². The Morgan fingerprint density at radius 3 is 2.63 bits per heavy atom. The van der Waals surface area contributed by atoms with Crippen LogP contribution in [0, 0.1) is 0 Å². The van der Waals surface area contributed by atoms with E-state index < -0.39 is 0 Å². The molecule has 0 aromatic heterocycles. The quantitative estimate of drug-likeness (QED) is 0.664. The molecule has 2 aromatic carbocycles. The van der Waals surface area contributed by atoms with Crippen LogP contribution in [-0.2, 0) is 0 Å². The predicted molar refractivity (Wildman–Crippen MR) is 78.3 cm³/mol. The summed E-state index contributed by atoms with van der Waals surface area (Å²) < 4.78 is 0. The molecule has 1 aliphatic rings. The molecule has 0 saturated carbocycles. The highest BCUT2D eigenvalue weighted by molar-refractivity contribution is 6.31. The van der Waals surface area contributed by atoms with E-state index >= 15 is 0 Å². The van der Waals surface area contributed by atoms with Crippen molar-refractivity contribution in [3.8, 4) is 0 Å². The zero-order valence-electron chi connectivity index (χ0n) is 10.2. The molecule has 3 rings (SSSR count). The second kappa shape index (κ2) is 4.55. The van der Waals surface area contributed by atoms with Gasteiger partial charge in [0.1, 0.15) is 0 Å². The lowest BCUT2D eigenvalue weighted by Crippen LogP contribution is -2.26. The minimum atomic E-state index is -0.376. The molecule has 1 unspecified atom stereocenters. The zero-order chi connectivity index (χ0) is 13.6. The number of carbonyl (C=O) groups excluding carboxylic acids is 1. The summed E-state index contributed by atoms with van der Waals surface area (Å²) in [5.41, 5.74) is 3.11. The summed E-state index contributed by atoms with van der Waals surface area (Å²) >= 11 is 12.6. The number of hydrogen-bond donors (Lipinski definition) is 0. The van der Waals surface area contributed by atoms with E-state index in [1.54, 1.807) is 24.1 Å². The van der Waals surface area contributed by atoms with Crippen LogP contribution in [0.3, 0.4) is 0 Å². The molecule has 0 bridgehead atoms. The van der Waals surface area contributed by atoms with E-state index in [-0.39, 0.29) is 11.3 Å². The molecule has 1 atom stereocenters. The molecule has 0 fully saturated rings. The molecule has 0 saturated heterocycles. The Labute approximate surface area is 121 Å². The van der Waals surface area contributed by atoms with E-state index in [4.69, 9.17) is 23.2 Å². The van der Waals surface area contributed by atoms with Gasteiger partial charge in [-0.3, -0.25) is 4.79 Å². The number of amides is 1. The van der Waals surface area contributed by atoms with Gasteiger partial charge in [0, 0.05) is 23.3 Å². The number of carbonyl (C=O) groups is 1. The summed E-state index contributed by atoms with van der Waals surface area (Å²) in [6, 6.07) is 12.8. The van der Waals surface area contributed by atoms with Crippen LogP contribution in [0.15, 0.2) is 42.5 Å². The van der Waals surface area contributed by atoms with Gasteiger partial charge in [0.05, 0.1) is 5.38 Å². The molecular formula is C15H11Cl2NO. The highest BCUT2D eigenvalue weighted by Gasteiger charge is 2.29. The standard InChI is InChI=1S/C15H11Cl2NO/c1-18-13-7-6-9(16)8-12(13)14(17)10-4-2-3-5-11(10)15(18)19/h2-8,14H,1H3. The van der Waals surface area contributed by atoms with E-state index in [0.29, 0.717) is 10.6 Å². The lowest BCUT2D eigenvalue weighted by Gasteiger charge is -2.18. The van der Waals surface area contributed by atoms with Gasteiger partial charge in [0.15, 0.2) is 0 Å². The van der Waals surface area contributed by atoms with Crippen molar-refractivity contribution in [1.82, 2.24) is 0 Å². The Balaban J connectivity index is 2.31. The van der Waals surface area contributed by atoms with E-state index in [9.17, 15) is 4.79 Å². The second-order valence-corrected chi connectivity index (χ2v) is 5.39. The van der Waals surface area contributed by atoms with E-state index in [1.165, 1.54) is 0 Å². The molecule has 0 aliphatic carbocycles. The molecule has 4 heteroatoms. The molecule has 0 spiro atoms. The fourth-order valence-electron chi connectivity index (χ4n) is 2.40. The van der Waals surface area contributed by atoms with Crippen LogP contribution in [0.25, 0.3) is 0 Å². The van der Waals surface area contributed by atoms with Crippen molar-refractivity contribution in [2.75, 3.05) is 11.9 Å². The van der Waals surface area contributed by atoms with Crippen LogP contribution < -0.4 is 4.90 Å². The van der Waals surface area contributed by atoms with E-state index in [0.717, 1.165) is 16.8 Å². The van der Waals surface area contributed by atoms with Crippen LogP contribution in [0.5, 0.6) is 0 Å². The maximum absolute atomic E-state index is 12.5.